The number of hydrogen-bond acceptors (Lipinski definition) is 1. The van der Waals surface area contributed by atoms with E-state index in [4.69, 9.17) is 0 Å². The van der Waals surface area contributed by atoms with Gasteiger partial charge in [0.1, 0.15) is 0 Å². The Morgan fingerprint density at radius 1 is 1.00 bits per heavy atom. The molecular formula is C18H23N. The number of rotatable bonds is 5. The van der Waals surface area contributed by atoms with E-state index in [9.17, 15) is 0 Å². The van der Waals surface area contributed by atoms with Gasteiger partial charge in [0.15, 0.2) is 0 Å². The molecule has 0 aliphatic heterocycles. The molecule has 0 bridgehead atoms. The third kappa shape index (κ3) is 3.68. The first-order chi connectivity index (χ1) is 9.20. The first-order valence-corrected chi connectivity index (χ1v) is 6.99. The molecule has 1 unspecified atom stereocenters. The van der Waals surface area contributed by atoms with Crippen LogP contribution in [-0.2, 0) is 6.42 Å². The first kappa shape index (κ1) is 13.8. The lowest BCUT2D eigenvalue weighted by molar-refractivity contribution is 0.546. The molecule has 19 heavy (non-hydrogen) atoms. The van der Waals surface area contributed by atoms with E-state index in [0.717, 1.165) is 12.8 Å². The number of benzene rings is 2. The molecule has 0 saturated carbocycles. The molecule has 100 valence electrons. The Hall–Kier alpha value is -1.60. The summed E-state index contributed by atoms with van der Waals surface area (Å²) in [5.41, 5.74) is 5.55. The fourth-order valence-corrected chi connectivity index (χ4v) is 2.55. The van der Waals surface area contributed by atoms with Crippen molar-refractivity contribution >= 4 is 0 Å². The molecule has 0 amide bonds. The molecule has 1 N–H and O–H groups in total. The maximum Gasteiger partial charge on any atom is 0.0323 e. The van der Waals surface area contributed by atoms with Crippen molar-refractivity contribution in [3.8, 4) is 0 Å². The topological polar surface area (TPSA) is 12.0 Å². The van der Waals surface area contributed by atoms with Crippen LogP contribution in [0.4, 0.5) is 0 Å². The minimum absolute atomic E-state index is 0.431. The van der Waals surface area contributed by atoms with Gasteiger partial charge in [0.2, 0.25) is 0 Å². The van der Waals surface area contributed by atoms with Crippen molar-refractivity contribution in [2.45, 2.75) is 32.7 Å². The predicted molar refractivity (Wildman–Crippen MR) is 82.5 cm³/mol. The van der Waals surface area contributed by atoms with E-state index >= 15 is 0 Å². The second-order valence-electron chi connectivity index (χ2n) is 5.23. The summed E-state index contributed by atoms with van der Waals surface area (Å²) in [7, 11) is 2.05. The summed E-state index contributed by atoms with van der Waals surface area (Å²) < 4.78 is 0. The van der Waals surface area contributed by atoms with E-state index < -0.39 is 0 Å². The average molecular weight is 253 g/mol. The van der Waals surface area contributed by atoms with Gasteiger partial charge in [-0.1, -0.05) is 54.1 Å². The van der Waals surface area contributed by atoms with Gasteiger partial charge in [-0.25, -0.2) is 0 Å². The maximum atomic E-state index is 3.46. The zero-order valence-corrected chi connectivity index (χ0v) is 12.1. The van der Waals surface area contributed by atoms with Crippen LogP contribution in [0.15, 0.2) is 48.5 Å². The quantitative estimate of drug-likeness (QED) is 0.842. The van der Waals surface area contributed by atoms with Gasteiger partial charge in [-0.3, -0.25) is 0 Å². The van der Waals surface area contributed by atoms with Crippen molar-refractivity contribution in [2.75, 3.05) is 7.05 Å². The average Bonchev–Trinajstić information content (AvgIpc) is 2.44. The Balaban J connectivity index is 2.10. The fourth-order valence-electron chi connectivity index (χ4n) is 2.55. The van der Waals surface area contributed by atoms with Crippen LogP contribution in [0, 0.1) is 13.8 Å². The van der Waals surface area contributed by atoms with Gasteiger partial charge >= 0.3 is 0 Å². The Bertz CT molecular complexity index is 516. The number of hydrogen-bond donors (Lipinski definition) is 1. The second kappa shape index (κ2) is 6.53. The summed E-state index contributed by atoms with van der Waals surface area (Å²) >= 11 is 0. The van der Waals surface area contributed by atoms with Gasteiger partial charge in [-0.2, -0.15) is 0 Å². The summed E-state index contributed by atoms with van der Waals surface area (Å²) in [5.74, 6) is 0. The molecule has 0 heterocycles. The van der Waals surface area contributed by atoms with E-state index in [0.29, 0.717) is 6.04 Å². The van der Waals surface area contributed by atoms with Crippen LogP contribution in [-0.4, -0.2) is 7.05 Å². The summed E-state index contributed by atoms with van der Waals surface area (Å²) in [6.45, 7) is 4.36. The zero-order valence-electron chi connectivity index (χ0n) is 12.1. The molecule has 1 atom stereocenters. The minimum Gasteiger partial charge on any atom is -0.313 e. The highest BCUT2D eigenvalue weighted by molar-refractivity contribution is 5.33. The Morgan fingerprint density at radius 2 is 1.74 bits per heavy atom. The SMILES string of the molecule is CNC(CCc1ccccc1)c1cc(C)ccc1C. The first-order valence-electron chi connectivity index (χ1n) is 6.99. The third-order valence-corrected chi connectivity index (χ3v) is 3.72. The molecule has 0 spiro atoms. The second-order valence-corrected chi connectivity index (χ2v) is 5.23. The molecule has 2 aromatic rings. The molecule has 2 rings (SSSR count). The van der Waals surface area contributed by atoms with Crippen LogP contribution in [0.3, 0.4) is 0 Å². The van der Waals surface area contributed by atoms with Crippen LogP contribution in [0.5, 0.6) is 0 Å². The van der Waals surface area contributed by atoms with Crippen molar-refractivity contribution in [1.29, 1.82) is 0 Å². The van der Waals surface area contributed by atoms with Gasteiger partial charge in [-0.05, 0) is 50.4 Å². The van der Waals surface area contributed by atoms with Crippen LogP contribution < -0.4 is 5.32 Å². The van der Waals surface area contributed by atoms with Gasteiger partial charge < -0.3 is 5.32 Å². The van der Waals surface area contributed by atoms with E-state index in [1.807, 2.05) is 0 Å². The zero-order chi connectivity index (χ0) is 13.7. The fraction of sp³-hybridized carbons (Fsp3) is 0.333. The summed E-state index contributed by atoms with van der Waals surface area (Å²) in [6.07, 6.45) is 2.24. The molecule has 2 aromatic carbocycles. The van der Waals surface area contributed by atoms with Gasteiger partial charge in [-0.15, -0.1) is 0 Å². The standard InChI is InChI=1S/C18H23N/c1-14-9-10-15(2)17(13-14)18(19-3)12-11-16-7-5-4-6-8-16/h4-10,13,18-19H,11-12H2,1-3H3. The largest absolute Gasteiger partial charge is 0.313 e. The summed E-state index contributed by atoms with van der Waals surface area (Å²) in [5, 5.41) is 3.46. The van der Waals surface area contributed by atoms with E-state index in [1.54, 1.807) is 0 Å². The molecule has 0 saturated heterocycles. The Labute approximate surface area is 116 Å². The van der Waals surface area contributed by atoms with Crippen LogP contribution in [0.2, 0.25) is 0 Å². The van der Waals surface area contributed by atoms with Crippen molar-refractivity contribution in [2.24, 2.45) is 0 Å². The highest BCUT2D eigenvalue weighted by Crippen LogP contribution is 2.23. The number of aryl methyl sites for hydroxylation is 3. The highest BCUT2D eigenvalue weighted by atomic mass is 14.9. The Kier molecular flexibility index (Phi) is 4.75. The monoisotopic (exact) mass is 253 g/mol. The van der Waals surface area contributed by atoms with E-state index in [2.05, 4.69) is 74.7 Å². The molecular weight excluding hydrogens is 230 g/mol. The van der Waals surface area contributed by atoms with Crippen molar-refractivity contribution < 1.29 is 0 Å². The lowest BCUT2D eigenvalue weighted by Crippen LogP contribution is -2.18. The van der Waals surface area contributed by atoms with Crippen molar-refractivity contribution in [3.05, 3.63) is 70.8 Å². The van der Waals surface area contributed by atoms with E-state index in [1.165, 1.54) is 22.3 Å². The van der Waals surface area contributed by atoms with Crippen molar-refractivity contribution in [1.82, 2.24) is 5.32 Å². The third-order valence-electron chi connectivity index (χ3n) is 3.72. The molecule has 0 aliphatic rings. The summed E-state index contributed by atoms with van der Waals surface area (Å²) in [4.78, 5) is 0. The van der Waals surface area contributed by atoms with Crippen LogP contribution in [0.1, 0.15) is 34.7 Å². The molecule has 0 aliphatic carbocycles. The molecule has 0 fully saturated rings. The van der Waals surface area contributed by atoms with Crippen LogP contribution in [0.25, 0.3) is 0 Å². The van der Waals surface area contributed by atoms with Gasteiger partial charge in [0.05, 0.1) is 0 Å². The van der Waals surface area contributed by atoms with E-state index in [-0.39, 0.29) is 0 Å². The molecule has 0 aromatic heterocycles. The Morgan fingerprint density at radius 3 is 2.42 bits per heavy atom. The molecule has 0 radical (unpaired) electrons. The predicted octanol–water partition coefficient (Wildman–Crippen LogP) is 4.20. The minimum atomic E-state index is 0.431. The van der Waals surface area contributed by atoms with Gasteiger partial charge in [0.25, 0.3) is 0 Å². The maximum absolute atomic E-state index is 3.46. The van der Waals surface area contributed by atoms with Crippen LogP contribution >= 0.6 is 0 Å². The van der Waals surface area contributed by atoms with Crippen molar-refractivity contribution in [3.63, 3.8) is 0 Å². The molecule has 1 heteroatoms. The molecule has 1 nitrogen and oxygen atoms in total. The summed E-state index contributed by atoms with van der Waals surface area (Å²) in [6, 6.07) is 17.8. The highest BCUT2D eigenvalue weighted by Gasteiger charge is 2.11. The van der Waals surface area contributed by atoms with Gasteiger partial charge in [0, 0.05) is 6.04 Å². The normalized spacial score (nSPS) is 12.4. The lowest BCUT2D eigenvalue weighted by atomic mass is 9.94. The smallest absolute Gasteiger partial charge is 0.0323 e. The lowest BCUT2D eigenvalue weighted by Gasteiger charge is -2.19. The number of nitrogens with one attached hydrogen (secondary N) is 1.